The lowest BCUT2D eigenvalue weighted by Crippen LogP contribution is -2.47. The van der Waals surface area contributed by atoms with Crippen LogP contribution in [-0.2, 0) is 0 Å². The molecular formula is C18H36N4. The fourth-order valence-corrected chi connectivity index (χ4v) is 4.05. The highest BCUT2D eigenvalue weighted by Crippen LogP contribution is 2.30. The first-order valence-electron chi connectivity index (χ1n) is 9.13. The molecule has 1 saturated heterocycles. The van der Waals surface area contributed by atoms with E-state index in [1.165, 1.54) is 38.8 Å². The fourth-order valence-electron chi connectivity index (χ4n) is 4.05. The quantitative estimate of drug-likeness (QED) is 0.552. The van der Waals surface area contributed by atoms with Crippen molar-refractivity contribution in [3.05, 3.63) is 0 Å². The summed E-state index contributed by atoms with van der Waals surface area (Å²) < 4.78 is 0. The standard InChI is InChI=1S/C18H36N4/c1-13(15(3)20-19-5)14(2)16(4)22-11-10-18(12-22)21(6)17-8-7-9-17/h13-18,20H,5,7-12H2,1-4,6H3/t13-,14-,15?,16-,18-/m1/s1. The Balaban J connectivity index is 1.84. The molecule has 1 N–H and O–H groups in total. The summed E-state index contributed by atoms with van der Waals surface area (Å²) in [4.78, 5) is 5.37. The van der Waals surface area contributed by atoms with Gasteiger partial charge in [-0.3, -0.25) is 9.80 Å². The maximum Gasteiger partial charge on any atom is 0.0440 e. The van der Waals surface area contributed by atoms with Crippen molar-refractivity contribution in [1.82, 2.24) is 15.2 Å². The van der Waals surface area contributed by atoms with Crippen LogP contribution in [0, 0.1) is 11.8 Å². The molecule has 4 nitrogen and oxygen atoms in total. The molecule has 22 heavy (non-hydrogen) atoms. The van der Waals surface area contributed by atoms with Gasteiger partial charge in [-0.15, -0.1) is 0 Å². The third-order valence-corrected chi connectivity index (χ3v) is 6.67. The molecule has 1 saturated carbocycles. The average Bonchev–Trinajstić information content (AvgIpc) is 2.93. The summed E-state index contributed by atoms with van der Waals surface area (Å²) in [5.41, 5.74) is 3.12. The van der Waals surface area contributed by atoms with Crippen LogP contribution in [0.3, 0.4) is 0 Å². The lowest BCUT2D eigenvalue weighted by atomic mass is 9.84. The molecule has 1 aliphatic carbocycles. The summed E-state index contributed by atoms with van der Waals surface area (Å²) in [6, 6.07) is 2.63. The Morgan fingerprint density at radius 2 is 1.77 bits per heavy atom. The van der Waals surface area contributed by atoms with Gasteiger partial charge in [-0.25, -0.2) is 0 Å². The zero-order valence-corrected chi connectivity index (χ0v) is 15.3. The predicted molar refractivity (Wildman–Crippen MR) is 95.3 cm³/mol. The molecule has 4 heteroatoms. The predicted octanol–water partition coefficient (Wildman–Crippen LogP) is 2.80. The Morgan fingerprint density at radius 3 is 2.32 bits per heavy atom. The number of hydrazone groups is 1. The molecule has 0 radical (unpaired) electrons. The van der Waals surface area contributed by atoms with Crippen LogP contribution in [0.15, 0.2) is 5.10 Å². The summed E-state index contributed by atoms with van der Waals surface area (Å²) in [5, 5.41) is 3.85. The van der Waals surface area contributed by atoms with Crippen LogP contribution in [0.25, 0.3) is 0 Å². The summed E-state index contributed by atoms with van der Waals surface area (Å²) in [6.07, 6.45) is 5.58. The highest BCUT2D eigenvalue weighted by molar-refractivity contribution is 5.22. The second-order valence-corrected chi connectivity index (χ2v) is 7.72. The van der Waals surface area contributed by atoms with E-state index in [9.17, 15) is 0 Å². The van der Waals surface area contributed by atoms with Crippen LogP contribution in [0.5, 0.6) is 0 Å². The fraction of sp³-hybridized carbons (Fsp3) is 0.944. The van der Waals surface area contributed by atoms with Crippen molar-refractivity contribution in [1.29, 1.82) is 0 Å². The minimum atomic E-state index is 0.381. The maximum absolute atomic E-state index is 3.85. The SMILES string of the molecule is C=NNC(C)[C@H](C)[C@@H](C)[C@@H](C)N1CC[C@@H](N(C)C2CCC2)C1. The molecule has 2 fully saturated rings. The number of nitrogens with zero attached hydrogens (tertiary/aromatic N) is 3. The Bertz CT molecular complexity index is 355. The maximum atomic E-state index is 3.85. The van der Waals surface area contributed by atoms with Crippen molar-refractivity contribution in [2.24, 2.45) is 16.9 Å². The lowest BCUT2D eigenvalue weighted by molar-refractivity contribution is 0.0961. The van der Waals surface area contributed by atoms with Crippen LogP contribution in [0.2, 0.25) is 0 Å². The number of hydrogen-bond donors (Lipinski definition) is 1. The van der Waals surface area contributed by atoms with E-state index in [-0.39, 0.29) is 0 Å². The lowest BCUT2D eigenvalue weighted by Gasteiger charge is -2.39. The normalized spacial score (nSPS) is 28.9. The monoisotopic (exact) mass is 308 g/mol. The zero-order chi connectivity index (χ0) is 16.3. The molecule has 0 aromatic rings. The smallest absolute Gasteiger partial charge is 0.0440 e. The third-order valence-electron chi connectivity index (χ3n) is 6.67. The first-order valence-corrected chi connectivity index (χ1v) is 9.13. The van der Waals surface area contributed by atoms with Crippen LogP contribution in [0.1, 0.15) is 53.4 Å². The van der Waals surface area contributed by atoms with Crippen molar-refractivity contribution in [2.75, 3.05) is 20.1 Å². The van der Waals surface area contributed by atoms with E-state index in [1.54, 1.807) is 0 Å². The Morgan fingerprint density at radius 1 is 1.09 bits per heavy atom. The molecule has 0 aromatic heterocycles. The van der Waals surface area contributed by atoms with Crippen molar-refractivity contribution in [3.8, 4) is 0 Å². The minimum Gasteiger partial charge on any atom is -0.308 e. The van der Waals surface area contributed by atoms with Crippen LogP contribution in [-0.4, -0.2) is 60.8 Å². The number of hydrogen-bond acceptors (Lipinski definition) is 4. The van der Waals surface area contributed by atoms with Crippen molar-refractivity contribution >= 4 is 6.72 Å². The van der Waals surface area contributed by atoms with E-state index in [1.807, 2.05) is 0 Å². The van der Waals surface area contributed by atoms with E-state index in [0.29, 0.717) is 23.9 Å². The second kappa shape index (κ2) is 7.78. The van der Waals surface area contributed by atoms with Gasteiger partial charge in [0.25, 0.3) is 0 Å². The molecular weight excluding hydrogens is 272 g/mol. The average molecular weight is 309 g/mol. The zero-order valence-electron chi connectivity index (χ0n) is 15.3. The van der Waals surface area contributed by atoms with Gasteiger partial charge in [0.05, 0.1) is 0 Å². The molecule has 0 aromatic carbocycles. The first-order chi connectivity index (χ1) is 10.5. The summed E-state index contributed by atoms with van der Waals surface area (Å²) in [5.74, 6) is 1.24. The van der Waals surface area contributed by atoms with Crippen LogP contribution >= 0.6 is 0 Å². The van der Waals surface area contributed by atoms with Gasteiger partial charge < -0.3 is 5.43 Å². The first kappa shape index (κ1) is 17.7. The van der Waals surface area contributed by atoms with Crippen LogP contribution in [0.4, 0.5) is 0 Å². The molecule has 0 spiro atoms. The second-order valence-electron chi connectivity index (χ2n) is 7.72. The summed E-state index contributed by atoms with van der Waals surface area (Å²) >= 11 is 0. The molecule has 1 heterocycles. The van der Waals surface area contributed by atoms with E-state index in [2.05, 4.69) is 61.8 Å². The minimum absolute atomic E-state index is 0.381. The molecule has 128 valence electrons. The largest absolute Gasteiger partial charge is 0.308 e. The van der Waals surface area contributed by atoms with E-state index >= 15 is 0 Å². The Kier molecular flexibility index (Phi) is 6.27. The summed E-state index contributed by atoms with van der Waals surface area (Å²) in [6.45, 7) is 15.4. The van der Waals surface area contributed by atoms with Gasteiger partial charge in [0.1, 0.15) is 0 Å². The van der Waals surface area contributed by atoms with Crippen molar-refractivity contribution in [3.63, 3.8) is 0 Å². The molecule has 0 amide bonds. The highest BCUT2D eigenvalue weighted by atomic mass is 15.3. The number of likely N-dealkylation sites (tertiary alicyclic amines) is 1. The van der Waals surface area contributed by atoms with E-state index in [4.69, 9.17) is 0 Å². The van der Waals surface area contributed by atoms with Crippen molar-refractivity contribution in [2.45, 2.75) is 77.5 Å². The molecule has 1 unspecified atom stereocenters. The van der Waals surface area contributed by atoms with Crippen LogP contribution < -0.4 is 5.43 Å². The Hall–Kier alpha value is -0.610. The summed E-state index contributed by atoms with van der Waals surface area (Å²) in [7, 11) is 2.34. The van der Waals surface area contributed by atoms with Gasteiger partial charge in [0.15, 0.2) is 0 Å². The number of likely N-dealkylation sites (N-methyl/N-ethyl adjacent to an activating group) is 1. The molecule has 2 aliphatic rings. The van der Waals surface area contributed by atoms with Gasteiger partial charge in [-0.2, -0.15) is 5.10 Å². The van der Waals surface area contributed by atoms with Gasteiger partial charge >= 0.3 is 0 Å². The number of nitrogens with one attached hydrogen (secondary N) is 1. The van der Waals surface area contributed by atoms with Gasteiger partial charge in [-0.05, 0) is 52.0 Å². The highest BCUT2D eigenvalue weighted by Gasteiger charge is 2.36. The van der Waals surface area contributed by atoms with Gasteiger partial charge in [0.2, 0.25) is 0 Å². The Labute approximate surface area is 137 Å². The van der Waals surface area contributed by atoms with Gasteiger partial charge in [-0.1, -0.05) is 20.3 Å². The number of rotatable bonds is 8. The third kappa shape index (κ3) is 3.83. The molecule has 5 atom stereocenters. The van der Waals surface area contributed by atoms with E-state index in [0.717, 1.165) is 12.1 Å². The molecule has 2 rings (SSSR count). The molecule has 1 aliphatic heterocycles. The van der Waals surface area contributed by atoms with Gasteiger partial charge in [0, 0.05) is 44.0 Å². The molecule has 0 bridgehead atoms. The van der Waals surface area contributed by atoms with E-state index < -0.39 is 0 Å². The van der Waals surface area contributed by atoms with Crippen molar-refractivity contribution < 1.29 is 0 Å². The topological polar surface area (TPSA) is 30.9 Å².